The smallest absolute Gasteiger partial charge is 0.311 e. The van der Waals surface area contributed by atoms with Gasteiger partial charge in [0.2, 0.25) is 17.7 Å². The Balaban J connectivity index is 3.26. The van der Waals surface area contributed by atoms with E-state index >= 15 is 0 Å². The molecule has 1 saturated heterocycles. The molecule has 43 heavy (non-hydrogen) atoms. The minimum atomic E-state index is -0.733. The fourth-order valence-electron chi connectivity index (χ4n) is 6.58. The summed E-state index contributed by atoms with van der Waals surface area (Å²) < 4.78 is 16.6. The second-order valence-corrected chi connectivity index (χ2v) is 13.0. The largest absolute Gasteiger partial charge is 0.469 e. The van der Waals surface area contributed by atoms with Gasteiger partial charge in [-0.05, 0) is 51.6 Å². The molecular weight excluding hydrogens is 552 g/mol. The number of nitrogens with zero attached hydrogens (tertiary/aromatic N) is 3. The highest BCUT2D eigenvalue weighted by atomic mass is 16.5. The van der Waals surface area contributed by atoms with Crippen LogP contribution in [0.3, 0.4) is 0 Å². The molecule has 11 heteroatoms. The fourth-order valence-corrected chi connectivity index (χ4v) is 6.58. The molecule has 1 aliphatic heterocycles. The molecule has 250 valence electrons. The molecule has 0 saturated carbocycles. The topological polar surface area (TPSA) is 118 Å². The van der Waals surface area contributed by atoms with Crippen molar-refractivity contribution in [3.05, 3.63) is 0 Å². The molecule has 1 rings (SSSR count). The molecular formula is C32H60N4O7. The van der Waals surface area contributed by atoms with Crippen LogP contribution in [0.15, 0.2) is 0 Å². The van der Waals surface area contributed by atoms with Crippen molar-refractivity contribution in [3.63, 3.8) is 0 Å². The van der Waals surface area contributed by atoms with Gasteiger partial charge in [0.15, 0.2) is 0 Å². The average molecular weight is 613 g/mol. The molecule has 1 heterocycles. The summed E-state index contributed by atoms with van der Waals surface area (Å²) in [6, 6.07) is -1.78. The maximum atomic E-state index is 14.0. The van der Waals surface area contributed by atoms with E-state index in [1.807, 2.05) is 60.5 Å². The van der Waals surface area contributed by atoms with Crippen molar-refractivity contribution in [1.29, 1.82) is 0 Å². The van der Waals surface area contributed by atoms with Crippen LogP contribution in [0.1, 0.15) is 74.1 Å². The Kier molecular flexibility index (Phi) is 16.1. The van der Waals surface area contributed by atoms with E-state index in [2.05, 4.69) is 5.32 Å². The number of nitrogens with one attached hydrogen (secondary N) is 1. The summed E-state index contributed by atoms with van der Waals surface area (Å²) in [5.41, 5.74) is 0. The number of carbonyl (C=O) groups is 4. The zero-order chi connectivity index (χ0) is 33.2. The molecule has 1 aliphatic rings. The highest BCUT2D eigenvalue weighted by Gasteiger charge is 2.43. The Morgan fingerprint density at radius 1 is 0.930 bits per heavy atom. The number of rotatable bonds is 17. The first kappa shape index (κ1) is 38.8. The Morgan fingerprint density at radius 2 is 1.53 bits per heavy atom. The van der Waals surface area contributed by atoms with Gasteiger partial charge in [0.1, 0.15) is 6.04 Å². The van der Waals surface area contributed by atoms with E-state index in [9.17, 15) is 19.2 Å². The van der Waals surface area contributed by atoms with Crippen molar-refractivity contribution in [2.24, 2.45) is 23.7 Å². The normalized spacial score (nSPS) is 20.4. The molecule has 0 spiro atoms. The molecule has 0 aliphatic carbocycles. The van der Waals surface area contributed by atoms with Crippen molar-refractivity contribution in [1.82, 2.24) is 20.0 Å². The minimum absolute atomic E-state index is 0.0147. The van der Waals surface area contributed by atoms with Crippen LogP contribution in [0.25, 0.3) is 0 Å². The van der Waals surface area contributed by atoms with Gasteiger partial charge in [-0.15, -0.1) is 0 Å². The van der Waals surface area contributed by atoms with E-state index < -0.39 is 30.2 Å². The van der Waals surface area contributed by atoms with E-state index in [0.717, 1.165) is 19.3 Å². The second-order valence-electron chi connectivity index (χ2n) is 13.0. The Bertz CT molecular complexity index is 904. The Morgan fingerprint density at radius 3 is 1.98 bits per heavy atom. The highest BCUT2D eigenvalue weighted by molar-refractivity contribution is 5.90. The van der Waals surface area contributed by atoms with Gasteiger partial charge >= 0.3 is 5.97 Å². The van der Waals surface area contributed by atoms with Crippen LogP contribution in [0.2, 0.25) is 0 Å². The summed E-state index contributed by atoms with van der Waals surface area (Å²) in [6.07, 6.45) is 1.27. The summed E-state index contributed by atoms with van der Waals surface area (Å²) in [4.78, 5) is 58.8. The molecule has 8 atom stereocenters. The number of likely N-dealkylation sites (tertiary alicyclic amines) is 1. The third-order valence-corrected chi connectivity index (χ3v) is 9.10. The van der Waals surface area contributed by atoms with Crippen LogP contribution in [0, 0.1) is 23.7 Å². The first-order chi connectivity index (χ1) is 20.1. The van der Waals surface area contributed by atoms with Gasteiger partial charge in [-0.25, -0.2) is 0 Å². The first-order valence-electron chi connectivity index (χ1n) is 15.8. The predicted octanol–water partition coefficient (Wildman–Crippen LogP) is 2.81. The standard InChI is InChI=1S/C32H60N4O7/c1-14-21(6)28(35(10)31(39)26(19(2)3)33-30(38)27(20(4)5)34(8)9)24(41-11)18-25(37)36-17-15-16-23(36)29(42-12)22(7)32(40)43-13/h19-24,26-29H,14-18H2,1-13H3,(H,33,38)/t21-,22+,23?,24+,26-,27-,28?,29+/m0/s1. The van der Waals surface area contributed by atoms with Gasteiger partial charge < -0.3 is 29.3 Å². The lowest BCUT2D eigenvalue weighted by atomic mass is 9.89. The number of carbonyl (C=O) groups excluding carboxylic acids is 4. The quantitative estimate of drug-likeness (QED) is 0.249. The Labute approximate surface area is 260 Å². The number of amides is 3. The van der Waals surface area contributed by atoms with Gasteiger partial charge in [-0.1, -0.05) is 48.0 Å². The summed E-state index contributed by atoms with van der Waals surface area (Å²) in [6.45, 7) is 14.2. The molecule has 3 amide bonds. The number of methoxy groups -OCH3 is 3. The molecule has 0 aromatic rings. The molecule has 0 radical (unpaired) electrons. The van der Waals surface area contributed by atoms with Gasteiger partial charge in [0.25, 0.3) is 0 Å². The summed E-state index contributed by atoms with van der Waals surface area (Å²) in [5, 5.41) is 3.02. The average Bonchev–Trinajstić information content (AvgIpc) is 3.43. The minimum Gasteiger partial charge on any atom is -0.469 e. The summed E-state index contributed by atoms with van der Waals surface area (Å²) in [7, 11) is 9.92. The van der Waals surface area contributed by atoms with Crippen molar-refractivity contribution >= 4 is 23.7 Å². The van der Waals surface area contributed by atoms with Crippen molar-refractivity contribution in [2.75, 3.05) is 49.0 Å². The van der Waals surface area contributed by atoms with Crippen LogP contribution in [0.4, 0.5) is 0 Å². The lowest BCUT2D eigenvalue weighted by Crippen LogP contribution is -2.59. The zero-order valence-electron chi connectivity index (χ0n) is 29.0. The number of ether oxygens (including phenoxy) is 3. The van der Waals surface area contributed by atoms with Crippen molar-refractivity contribution in [2.45, 2.75) is 111 Å². The van der Waals surface area contributed by atoms with Crippen LogP contribution in [-0.2, 0) is 33.4 Å². The van der Waals surface area contributed by atoms with Crippen LogP contribution >= 0.6 is 0 Å². The fraction of sp³-hybridized carbons (Fsp3) is 0.875. The first-order valence-corrected chi connectivity index (χ1v) is 15.8. The van der Waals surface area contributed by atoms with E-state index in [1.54, 1.807) is 38.0 Å². The number of likely N-dealkylation sites (N-methyl/N-ethyl adjacent to an activating group) is 2. The maximum Gasteiger partial charge on any atom is 0.311 e. The van der Waals surface area contributed by atoms with Crippen molar-refractivity contribution < 1.29 is 33.4 Å². The van der Waals surface area contributed by atoms with E-state index in [-0.39, 0.29) is 59.9 Å². The lowest BCUT2D eigenvalue weighted by Gasteiger charge is -2.41. The lowest BCUT2D eigenvalue weighted by molar-refractivity contribution is -0.154. The monoisotopic (exact) mass is 612 g/mol. The summed E-state index contributed by atoms with van der Waals surface area (Å²) >= 11 is 0. The van der Waals surface area contributed by atoms with E-state index in [1.165, 1.54) is 7.11 Å². The van der Waals surface area contributed by atoms with Crippen molar-refractivity contribution in [3.8, 4) is 0 Å². The highest BCUT2D eigenvalue weighted by Crippen LogP contribution is 2.29. The number of esters is 1. The second kappa shape index (κ2) is 17.9. The molecule has 0 aromatic heterocycles. The zero-order valence-corrected chi connectivity index (χ0v) is 29.0. The van der Waals surface area contributed by atoms with E-state index in [0.29, 0.717) is 6.54 Å². The van der Waals surface area contributed by atoms with Gasteiger partial charge in [-0.2, -0.15) is 0 Å². The van der Waals surface area contributed by atoms with Gasteiger partial charge in [0, 0.05) is 27.8 Å². The molecule has 0 aromatic carbocycles. The summed E-state index contributed by atoms with van der Waals surface area (Å²) in [5.74, 6) is -1.49. The molecule has 11 nitrogen and oxygen atoms in total. The number of hydrogen-bond donors (Lipinski definition) is 1. The van der Waals surface area contributed by atoms with Gasteiger partial charge in [-0.3, -0.25) is 24.1 Å². The Hall–Kier alpha value is -2.24. The third kappa shape index (κ3) is 9.88. The molecule has 0 bridgehead atoms. The third-order valence-electron chi connectivity index (χ3n) is 9.10. The van der Waals surface area contributed by atoms with E-state index in [4.69, 9.17) is 14.2 Å². The van der Waals surface area contributed by atoms with Crippen LogP contribution < -0.4 is 5.32 Å². The predicted molar refractivity (Wildman–Crippen MR) is 167 cm³/mol. The molecule has 1 fully saturated rings. The SMILES string of the molecule is CC[C@H](C)C([C@@H](CC(=O)N1CCCC1[C@H](OC)[C@@H](C)C(=O)OC)OC)N(C)C(=O)[C@@H](NC(=O)[C@H](C(C)C)N(C)C)C(C)C. The molecule has 2 unspecified atom stereocenters. The maximum absolute atomic E-state index is 14.0. The van der Waals surface area contributed by atoms with Gasteiger partial charge in [0.05, 0.1) is 49.8 Å². The molecule has 1 N–H and O–H groups in total. The number of hydrogen-bond acceptors (Lipinski definition) is 8. The van der Waals surface area contributed by atoms with Crippen LogP contribution in [0.5, 0.6) is 0 Å². The van der Waals surface area contributed by atoms with Crippen LogP contribution in [-0.4, -0.2) is 124 Å².